The molecule has 0 bridgehead atoms. The summed E-state index contributed by atoms with van der Waals surface area (Å²) in [6, 6.07) is 3.51. The van der Waals surface area contributed by atoms with Crippen LogP contribution in [0.5, 0.6) is 5.75 Å². The van der Waals surface area contributed by atoms with Gasteiger partial charge in [0, 0.05) is 10.9 Å². The van der Waals surface area contributed by atoms with Crippen LogP contribution in [0.3, 0.4) is 0 Å². The summed E-state index contributed by atoms with van der Waals surface area (Å²) in [5.41, 5.74) is 4.77. The summed E-state index contributed by atoms with van der Waals surface area (Å²) >= 11 is 0. The zero-order chi connectivity index (χ0) is 11.8. The molecule has 88 valence electrons. The molecule has 0 radical (unpaired) electrons. The van der Waals surface area contributed by atoms with Crippen molar-refractivity contribution < 1.29 is 18.8 Å². The van der Waals surface area contributed by atoms with Crippen LogP contribution in [0.1, 0.15) is 5.56 Å². The summed E-state index contributed by atoms with van der Waals surface area (Å²) in [5.74, 6) is 0.106. The molecule has 2 heterocycles. The third kappa shape index (κ3) is 1.40. The number of furan rings is 2. The molecule has 0 fully saturated rings. The minimum absolute atomic E-state index is 0.106. The van der Waals surface area contributed by atoms with Crippen LogP contribution in [0.2, 0.25) is 0 Å². The van der Waals surface area contributed by atoms with Crippen molar-refractivity contribution in [1.82, 2.24) is 5.48 Å². The standard InChI is InChI=1S/C12H11NO4/c1-15-13-6-9-7-2-4-17-12(7)10(14)8-3-5-16-11(8)9/h2-5,13-14H,6H2,1H3. The molecule has 2 N–H and O–H groups in total. The van der Waals surface area contributed by atoms with Crippen LogP contribution in [-0.4, -0.2) is 12.2 Å². The zero-order valence-electron chi connectivity index (χ0n) is 9.19. The molecule has 3 rings (SSSR count). The van der Waals surface area contributed by atoms with Gasteiger partial charge in [0.15, 0.2) is 11.3 Å². The number of hydroxylamine groups is 1. The van der Waals surface area contributed by atoms with E-state index < -0.39 is 0 Å². The van der Waals surface area contributed by atoms with Gasteiger partial charge in [-0.1, -0.05) is 0 Å². The summed E-state index contributed by atoms with van der Waals surface area (Å²) in [6.07, 6.45) is 3.08. The van der Waals surface area contributed by atoms with Gasteiger partial charge < -0.3 is 18.8 Å². The molecule has 0 aliphatic rings. The third-order valence-electron chi connectivity index (χ3n) is 2.79. The van der Waals surface area contributed by atoms with Gasteiger partial charge in [-0.3, -0.25) is 0 Å². The summed E-state index contributed by atoms with van der Waals surface area (Å²) in [4.78, 5) is 4.84. The van der Waals surface area contributed by atoms with Gasteiger partial charge in [0.05, 0.1) is 31.6 Å². The smallest absolute Gasteiger partial charge is 0.176 e. The molecular formula is C12H11NO4. The highest BCUT2D eigenvalue weighted by atomic mass is 16.6. The van der Waals surface area contributed by atoms with Crippen LogP contribution in [0.4, 0.5) is 0 Å². The van der Waals surface area contributed by atoms with Crippen molar-refractivity contribution in [3.05, 3.63) is 30.2 Å². The lowest BCUT2D eigenvalue weighted by Crippen LogP contribution is -2.11. The second-order valence-corrected chi connectivity index (χ2v) is 3.68. The first-order valence-corrected chi connectivity index (χ1v) is 5.17. The quantitative estimate of drug-likeness (QED) is 0.680. The van der Waals surface area contributed by atoms with E-state index in [2.05, 4.69) is 5.48 Å². The maximum absolute atomic E-state index is 10.0. The zero-order valence-corrected chi connectivity index (χ0v) is 9.19. The Bertz CT molecular complexity index is 616. The largest absolute Gasteiger partial charge is 0.504 e. The van der Waals surface area contributed by atoms with Gasteiger partial charge in [-0.2, -0.15) is 5.48 Å². The normalized spacial score (nSPS) is 11.6. The van der Waals surface area contributed by atoms with Crippen molar-refractivity contribution in [3.8, 4) is 5.75 Å². The maximum Gasteiger partial charge on any atom is 0.176 e. The van der Waals surface area contributed by atoms with Crippen molar-refractivity contribution in [3.63, 3.8) is 0 Å². The van der Waals surface area contributed by atoms with Crippen molar-refractivity contribution in [2.24, 2.45) is 0 Å². The second kappa shape index (κ2) is 3.80. The average Bonchev–Trinajstić information content (AvgIpc) is 2.97. The van der Waals surface area contributed by atoms with E-state index in [9.17, 15) is 5.11 Å². The Balaban J connectivity index is 2.35. The van der Waals surface area contributed by atoms with Crippen molar-refractivity contribution in [2.75, 3.05) is 7.11 Å². The fourth-order valence-corrected chi connectivity index (χ4v) is 2.02. The number of hydrogen-bond acceptors (Lipinski definition) is 5. The van der Waals surface area contributed by atoms with Gasteiger partial charge >= 0.3 is 0 Å². The number of rotatable bonds is 3. The van der Waals surface area contributed by atoms with Gasteiger partial charge in [0.1, 0.15) is 5.58 Å². The average molecular weight is 233 g/mol. The molecule has 2 aromatic heterocycles. The fourth-order valence-electron chi connectivity index (χ4n) is 2.02. The number of benzene rings is 1. The number of nitrogens with one attached hydrogen (secondary N) is 1. The van der Waals surface area contributed by atoms with Crippen LogP contribution < -0.4 is 5.48 Å². The Labute approximate surface area is 96.5 Å². The SMILES string of the molecule is CONCc1c2ccoc2c(O)c2ccoc12. The molecule has 1 aromatic carbocycles. The van der Waals surface area contributed by atoms with E-state index in [-0.39, 0.29) is 5.75 Å². The Morgan fingerprint density at radius 2 is 1.88 bits per heavy atom. The first kappa shape index (κ1) is 10.2. The molecule has 0 unspecified atom stereocenters. The maximum atomic E-state index is 10.0. The molecule has 0 aliphatic carbocycles. The van der Waals surface area contributed by atoms with Crippen LogP contribution in [-0.2, 0) is 11.4 Å². The number of hydrogen-bond donors (Lipinski definition) is 2. The predicted octanol–water partition coefficient (Wildman–Crippen LogP) is 2.54. The second-order valence-electron chi connectivity index (χ2n) is 3.68. The predicted molar refractivity (Wildman–Crippen MR) is 61.5 cm³/mol. The first-order valence-electron chi connectivity index (χ1n) is 5.17. The lowest BCUT2D eigenvalue weighted by molar-refractivity contribution is 0.0871. The topological polar surface area (TPSA) is 67.8 Å². The molecule has 0 spiro atoms. The van der Waals surface area contributed by atoms with E-state index in [4.69, 9.17) is 13.7 Å². The summed E-state index contributed by atoms with van der Waals surface area (Å²) < 4.78 is 10.7. The highest BCUT2D eigenvalue weighted by Crippen LogP contribution is 2.38. The van der Waals surface area contributed by atoms with E-state index in [1.54, 1.807) is 31.8 Å². The highest BCUT2D eigenvalue weighted by molar-refractivity contribution is 6.03. The molecule has 17 heavy (non-hydrogen) atoms. The molecule has 5 nitrogen and oxygen atoms in total. The number of aromatic hydroxyl groups is 1. The van der Waals surface area contributed by atoms with E-state index in [0.29, 0.717) is 23.1 Å². The molecule has 0 atom stereocenters. The summed E-state index contributed by atoms with van der Waals surface area (Å²) in [5, 5.41) is 11.5. The first-order chi connectivity index (χ1) is 8.33. The molecule has 0 amide bonds. The molecule has 0 saturated carbocycles. The monoisotopic (exact) mass is 233 g/mol. The fraction of sp³-hybridized carbons (Fsp3) is 0.167. The number of fused-ring (bicyclic) bond motifs is 2. The van der Waals surface area contributed by atoms with Gasteiger partial charge in [-0.15, -0.1) is 0 Å². The molecule has 0 saturated heterocycles. The minimum Gasteiger partial charge on any atom is -0.504 e. The Morgan fingerprint density at radius 3 is 2.65 bits per heavy atom. The van der Waals surface area contributed by atoms with Gasteiger partial charge in [0.25, 0.3) is 0 Å². The van der Waals surface area contributed by atoms with Gasteiger partial charge in [0.2, 0.25) is 0 Å². The van der Waals surface area contributed by atoms with Gasteiger partial charge in [-0.05, 0) is 12.1 Å². The molecule has 5 heteroatoms. The van der Waals surface area contributed by atoms with E-state index in [1.807, 2.05) is 0 Å². The highest BCUT2D eigenvalue weighted by Gasteiger charge is 2.17. The van der Waals surface area contributed by atoms with E-state index in [1.165, 1.54) is 0 Å². The lowest BCUT2D eigenvalue weighted by Gasteiger charge is -2.06. The summed E-state index contributed by atoms with van der Waals surface area (Å²) in [6.45, 7) is 0.469. The Kier molecular flexibility index (Phi) is 2.28. The Hall–Kier alpha value is -1.98. The van der Waals surface area contributed by atoms with Crippen LogP contribution >= 0.6 is 0 Å². The summed E-state index contributed by atoms with van der Waals surface area (Å²) in [7, 11) is 1.55. The number of phenolic OH excluding ortho intramolecular Hbond substituents is 1. The molecular weight excluding hydrogens is 222 g/mol. The van der Waals surface area contributed by atoms with Gasteiger partial charge in [-0.25, -0.2) is 0 Å². The third-order valence-corrected chi connectivity index (χ3v) is 2.79. The lowest BCUT2D eigenvalue weighted by atomic mass is 10.1. The van der Waals surface area contributed by atoms with Crippen LogP contribution in [0.25, 0.3) is 21.9 Å². The van der Waals surface area contributed by atoms with E-state index >= 15 is 0 Å². The number of phenols is 1. The Morgan fingerprint density at radius 1 is 1.18 bits per heavy atom. The minimum atomic E-state index is 0.106. The van der Waals surface area contributed by atoms with Crippen molar-refractivity contribution in [1.29, 1.82) is 0 Å². The van der Waals surface area contributed by atoms with Crippen molar-refractivity contribution >= 4 is 21.9 Å². The molecule has 3 aromatic rings. The van der Waals surface area contributed by atoms with Crippen LogP contribution in [0.15, 0.2) is 33.5 Å². The van der Waals surface area contributed by atoms with Crippen molar-refractivity contribution in [2.45, 2.75) is 6.54 Å². The van der Waals surface area contributed by atoms with E-state index in [0.717, 1.165) is 10.9 Å². The molecule has 0 aliphatic heterocycles. The van der Waals surface area contributed by atoms with Crippen LogP contribution in [0, 0.1) is 0 Å².